The van der Waals surface area contributed by atoms with Crippen molar-refractivity contribution in [3.8, 4) is 0 Å². The molecule has 1 aliphatic heterocycles. The van der Waals surface area contributed by atoms with Gasteiger partial charge in [0, 0.05) is 55.5 Å². The Labute approximate surface area is 167 Å². The van der Waals surface area contributed by atoms with Gasteiger partial charge in [-0.15, -0.1) is 0 Å². The Morgan fingerprint density at radius 2 is 2.11 bits per heavy atom. The first kappa shape index (κ1) is 20.3. The Morgan fingerprint density at radius 3 is 2.89 bits per heavy atom. The number of thioether (sulfide) groups is 1. The lowest BCUT2D eigenvalue weighted by molar-refractivity contribution is 0.293. The number of hydrogen-bond acceptors (Lipinski definition) is 3. The highest BCUT2D eigenvalue weighted by Gasteiger charge is 2.38. The van der Waals surface area contributed by atoms with Crippen molar-refractivity contribution < 1.29 is 0 Å². The highest BCUT2D eigenvalue weighted by atomic mass is 32.2. The Hall–Kier alpha value is -1.43. The van der Waals surface area contributed by atoms with E-state index >= 15 is 0 Å². The Kier molecular flexibility index (Phi) is 7.68. The van der Waals surface area contributed by atoms with Gasteiger partial charge in [0.05, 0.1) is 0 Å². The second kappa shape index (κ2) is 10.2. The number of guanidine groups is 1. The third-order valence-corrected chi connectivity index (χ3v) is 7.15. The molecular weight excluding hydrogens is 356 g/mol. The van der Waals surface area contributed by atoms with Crippen molar-refractivity contribution in [2.75, 3.05) is 31.9 Å². The first-order valence-corrected chi connectivity index (χ1v) is 11.5. The van der Waals surface area contributed by atoms with Gasteiger partial charge in [0.25, 0.3) is 0 Å². The topological polar surface area (TPSA) is 49.6 Å². The number of nitrogens with zero attached hydrogens (tertiary/aromatic N) is 3. The largest absolute Gasteiger partial charge is 0.357 e. The van der Waals surface area contributed by atoms with Crippen molar-refractivity contribution in [3.63, 3.8) is 0 Å². The van der Waals surface area contributed by atoms with E-state index in [9.17, 15) is 4.79 Å². The van der Waals surface area contributed by atoms with Gasteiger partial charge in [0.15, 0.2) is 5.96 Å². The van der Waals surface area contributed by atoms with E-state index in [1.807, 2.05) is 12.3 Å². The molecule has 0 bridgehead atoms. The molecule has 1 spiro atoms. The molecule has 3 rings (SSSR count). The smallest absolute Gasteiger partial charge is 0.250 e. The molecule has 2 aliphatic rings. The van der Waals surface area contributed by atoms with E-state index in [2.05, 4.69) is 28.9 Å². The summed E-state index contributed by atoms with van der Waals surface area (Å²) in [6.07, 6.45) is 10.7. The number of aryl methyl sites for hydroxylation is 1. The second-order valence-electron chi connectivity index (χ2n) is 7.69. The summed E-state index contributed by atoms with van der Waals surface area (Å²) < 4.78 is 2.24. The molecule has 0 aromatic carbocycles. The van der Waals surface area contributed by atoms with E-state index in [0.29, 0.717) is 4.75 Å². The van der Waals surface area contributed by atoms with Crippen LogP contribution in [0.2, 0.25) is 0 Å². The Morgan fingerprint density at radius 1 is 1.26 bits per heavy atom. The molecule has 1 aromatic heterocycles. The average Bonchev–Trinajstić information content (AvgIpc) is 2.69. The number of rotatable bonds is 6. The van der Waals surface area contributed by atoms with Crippen LogP contribution >= 0.6 is 11.8 Å². The standard InChI is InChI=1S/C21H34N4OS/c1-2-22-20(23-13-7-9-15-24-14-8-4-10-19(24)26)25-16-17-27-21(18-25)11-5-3-6-12-21/h4,8,10,14H,2-3,5-7,9,11-13,15-18H2,1H3,(H,22,23). The van der Waals surface area contributed by atoms with E-state index in [4.69, 9.17) is 4.99 Å². The van der Waals surface area contributed by atoms with Gasteiger partial charge in [0.1, 0.15) is 0 Å². The van der Waals surface area contributed by atoms with Crippen LogP contribution in [-0.2, 0) is 6.54 Å². The van der Waals surface area contributed by atoms with Crippen molar-refractivity contribution >= 4 is 17.7 Å². The predicted molar refractivity (Wildman–Crippen MR) is 116 cm³/mol. The summed E-state index contributed by atoms with van der Waals surface area (Å²) in [7, 11) is 0. The van der Waals surface area contributed by atoms with Gasteiger partial charge in [-0.1, -0.05) is 25.3 Å². The van der Waals surface area contributed by atoms with Gasteiger partial charge >= 0.3 is 0 Å². The van der Waals surface area contributed by atoms with Crippen LogP contribution < -0.4 is 10.9 Å². The number of aromatic nitrogens is 1. The molecular formula is C21H34N4OS. The Bertz CT molecular complexity index is 661. The maximum atomic E-state index is 11.7. The van der Waals surface area contributed by atoms with E-state index < -0.39 is 0 Å². The van der Waals surface area contributed by atoms with Crippen LogP contribution in [0.5, 0.6) is 0 Å². The zero-order valence-electron chi connectivity index (χ0n) is 16.7. The van der Waals surface area contributed by atoms with E-state index in [0.717, 1.165) is 51.5 Å². The minimum absolute atomic E-state index is 0.0814. The fourth-order valence-electron chi connectivity index (χ4n) is 4.17. The van der Waals surface area contributed by atoms with E-state index in [-0.39, 0.29) is 5.56 Å². The summed E-state index contributed by atoms with van der Waals surface area (Å²) in [4.78, 5) is 19.1. The van der Waals surface area contributed by atoms with Crippen LogP contribution in [-0.4, -0.2) is 52.1 Å². The van der Waals surface area contributed by atoms with Crippen molar-refractivity contribution in [1.82, 2.24) is 14.8 Å². The van der Waals surface area contributed by atoms with Gasteiger partial charge in [-0.05, 0) is 38.7 Å². The predicted octanol–water partition coefficient (Wildman–Crippen LogP) is 3.35. The van der Waals surface area contributed by atoms with Gasteiger partial charge in [0.2, 0.25) is 5.56 Å². The normalized spacial score (nSPS) is 20.0. The molecule has 1 aliphatic carbocycles. The lowest BCUT2D eigenvalue weighted by atomic mass is 9.87. The fraction of sp³-hybridized carbons (Fsp3) is 0.714. The molecule has 0 unspecified atom stereocenters. The molecule has 1 saturated heterocycles. The number of unbranched alkanes of at least 4 members (excludes halogenated alkanes) is 1. The number of aliphatic imine (C=N–C) groups is 1. The molecule has 27 heavy (non-hydrogen) atoms. The molecule has 1 aromatic rings. The highest BCUT2D eigenvalue weighted by Crippen LogP contribution is 2.42. The molecule has 150 valence electrons. The molecule has 2 fully saturated rings. The highest BCUT2D eigenvalue weighted by molar-refractivity contribution is 8.00. The quantitative estimate of drug-likeness (QED) is 0.460. The monoisotopic (exact) mass is 390 g/mol. The molecule has 2 heterocycles. The average molecular weight is 391 g/mol. The minimum atomic E-state index is 0.0814. The lowest BCUT2D eigenvalue weighted by Gasteiger charge is -2.45. The molecule has 0 amide bonds. The van der Waals surface area contributed by atoms with Gasteiger partial charge < -0.3 is 14.8 Å². The molecule has 1 N–H and O–H groups in total. The molecule has 6 heteroatoms. The van der Waals surface area contributed by atoms with Crippen molar-refractivity contribution in [3.05, 3.63) is 34.7 Å². The van der Waals surface area contributed by atoms with Crippen LogP contribution in [0.25, 0.3) is 0 Å². The molecule has 1 saturated carbocycles. The minimum Gasteiger partial charge on any atom is -0.357 e. The number of nitrogens with one attached hydrogen (secondary N) is 1. The maximum absolute atomic E-state index is 11.7. The third kappa shape index (κ3) is 5.77. The number of hydrogen-bond donors (Lipinski definition) is 1. The lowest BCUT2D eigenvalue weighted by Crippen LogP contribution is -2.53. The summed E-state index contributed by atoms with van der Waals surface area (Å²) >= 11 is 2.20. The molecule has 0 atom stereocenters. The first-order chi connectivity index (χ1) is 13.2. The van der Waals surface area contributed by atoms with Crippen molar-refractivity contribution in [1.29, 1.82) is 0 Å². The van der Waals surface area contributed by atoms with Crippen LogP contribution in [0, 0.1) is 0 Å². The molecule has 0 radical (unpaired) electrons. The summed E-state index contributed by atoms with van der Waals surface area (Å²) in [5.74, 6) is 2.29. The third-order valence-electron chi connectivity index (χ3n) is 5.62. The molecule has 5 nitrogen and oxygen atoms in total. The maximum Gasteiger partial charge on any atom is 0.250 e. The van der Waals surface area contributed by atoms with Gasteiger partial charge in [-0.2, -0.15) is 11.8 Å². The first-order valence-electron chi connectivity index (χ1n) is 10.6. The number of pyridine rings is 1. The van der Waals surface area contributed by atoms with Crippen LogP contribution in [0.4, 0.5) is 0 Å². The Balaban J connectivity index is 1.51. The second-order valence-corrected chi connectivity index (χ2v) is 9.25. The van der Waals surface area contributed by atoms with Crippen molar-refractivity contribution in [2.24, 2.45) is 4.99 Å². The van der Waals surface area contributed by atoms with Crippen LogP contribution in [0.15, 0.2) is 34.2 Å². The van der Waals surface area contributed by atoms with E-state index in [1.54, 1.807) is 16.7 Å². The summed E-state index contributed by atoms with van der Waals surface area (Å²) in [6, 6.07) is 5.33. The van der Waals surface area contributed by atoms with Crippen LogP contribution in [0.3, 0.4) is 0 Å². The van der Waals surface area contributed by atoms with Gasteiger partial charge in [-0.3, -0.25) is 9.79 Å². The van der Waals surface area contributed by atoms with Crippen LogP contribution in [0.1, 0.15) is 51.9 Å². The zero-order valence-corrected chi connectivity index (χ0v) is 17.5. The fourth-order valence-corrected chi connectivity index (χ4v) is 5.74. The summed E-state index contributed by atoms with van der Waals surface area (Å²) in [5.41, 5.74) is 0.0814. The van der Waals surface area contributed by atoms with Gasteiger partial charge in [-0.25, -0.2) is 0 Å². The van der Waals surface area contributed by atoms with E-state index in [1.165, 1.54) is 37.9 Å². The van der Waals surface area contributed by atoms with Crippen molar-refractivity contribution in [2.45, 2.75) is 63.2 Å². The zero-order chi connectivity index (χ0) is 19.0. The summed E-state index contributed by atoms with van der Waals surface area (Å²) in [5, 5.41) is 3.50. The summed E-state index contributed by atoms with van der Waals surface area (Å²) in [6.45, 7) is 6.89. The SMILES string of the molecule is CCNC(=NCCCCn1ccccc1=O)N1CCSC2(CCCCC2)C1.